The number of carbonyl (C=O) groups is 3. The first-order valence-corrected chi connectivity index (χ1v) is 7.13. The Morgan fingerprint density at radius 2 is 1.83 bits per heavy atom. The van der Waals surface area contributed by atoms with Gasteiger partial charge in [0, 0.05) is 5.54 Å². The summed E-state index contributed by atoms with van der Waals surface area (Å²) in [7, 11) is 0. The zero-order valence-electron chi connectivity index (χ0n) is 13.8. The molecule has 0 aliphatic carbocycles. The van der Waals surface area contributed by atoms with Crippen LogP contribution in [0.15, 0.2) is 24.3 Å². The summed E-state index contributed by atoms with van der Waals surface area (Å²) in [6.07, 6.45) is 0. The number of carbonyl (C=O) groups excluding carboxylic acids is 3. The Morgan fingerprint density at radius 3 is 2.43 bits per heavy atom. The van der Waals surface area contributed by atoms with Gasteiger partial charge in [0.05, 0.1) is 0 Å². The first kappa shape index (κ1) is 18.5. The van der Waals surface area contributed by atoms with Crippen molar-refractivity contribution in [1.82, 2.24) is 10.6 Å². The van der Waals surface area contributed by atoms with Crippen LogP contribution >= 0.6 is 0 Å². The van der Waals surface area contributed by atoms with Crippen molar-refractivity contribution < 1.29 is 23.9 Å². The van der Waals surface area contributed by atoms with Crippen molar-refractivity contribution in [3.63, 3.8) is 0 Å². The maximum absolute atomic E-state index is 11.5. The summed E-state index contributed by atoms with van der Waals surface area (Å²) in [4.78, 5) is 34.4. The smallest absolute Gasteiger partial charge is 0.344 e. The van der Waals surface area contributed by atoms with E-state index in [1.807, 2.05) is 13.0 Å². The van der Waals surface area contributed by atoms with Crippen LogP contribution < -0.4 is 15.4 Å². The highest BCUT2D eigenvalue weighted by Crippen LogP contribution is 2.12. The van der Waals surface area contributed by atoms with Crippen LogP contribution in [0, 0.1) is 6.92 Å². The summed E-state index contributed by atoms with van der Waals surface area (Å²) in [6.45, 7) is 6.37. The molecule has 7 nitrogen and oxygen atoms in total. The molecule has 0 unspecified atom stereocenters. The third-order valence-corrected chi connectivity index (χ3v) is 2.45. The molecule has 7 heteroatoms. The molecule has 0 fully saturated rings. The molecule has 2 N–H and O–H groups in total. The number of esters is 1. The molecule has 0 aliphatic rings. The van der Waals surface area contributed by atoms with Crippen LogP contribution in [0.4, 0.5) is 4.79 Å². The van der Waals surface area contributed by atoms with Gasteiger partial charge in [0.1, 0.15) is 5.75 Å². The van der Waals surface area contributed by atoms with Crippen molar-refractivity contribution in [2.24, 2.45) is 0 Å². The molecule has 0 aliphatic heterocycles. The summed E-state index contributed by atoms with van der Waals surface area (Å²) in [5.41, 5.74) is 0.531. The minimum atomic E-state index is -0.712. The Hall–Kier alpha value is -2.57. The Labute approximate surface area is 135 Å². The molecule has 126 valence electrons. The van der Waals surface area contributed by atoms with Gasteiger partial charge in [-0.1, -0.05) is 12.1 Å². The topological polar surface area (TPSA) is 93.7 Å². The zero-order chi connectivity index (χ0) is 17.5. The Morgan fingerprint density at radius 1 is 1.13 bits per heavy atom. The normalized spacial score (nSPS) is 10.6. The molecule has 1 aromatic rings. The quantitative estimate of drug-likeness (QED) is 0.802. The van der Waals surface area contributed by atoms with Crippen LogP contribution in [0.25, 0.3) is 0 Å². The average Bonchev–Trinajstić information content (AvgIpc) is 2.40. The van der Waals surface area contributed by atoms with Gasteiger partial charge < -0.3 is 14.8 Å². The lowest BCUT2D eigenvalue weighted by molar-refractivity contribution is -0.150. The number of benzene rings is 1. The van der Waals surface area contributed by atoms with Gasteiger partial charge in [0.2, 0.25) is 0 Å². The van der Waals surface area contributed by atoms with Gasteiger partial charge >= 0.3 is 12.0 Å². The van der Waals surface area contributed by atoms with Gasteiger partial charge in [-0.05, 0) is 45.4 Å². The second kappa shape index (κ2) is 8.17. The van der Waals surface area contributed by atoms with E-state index in [1.165, 1.54) is 0 Å². The molecule has 1 rings (SSSR count). The highest BCUT2D eigenvalue weighted by Gasteiger charge is 2.16. The fourth-order valence-electron chi connectivity index (χ4n) is 1.57. The van der Waals surface area contributed by atoms with E-state index in [9.17, 15) is 14.4 Å². The van der Waals surface area contributed by atoms with E-state index >= 15 is 0 Å². The number of amides is 3. The predicted octanol–water partition coefficient (Wildman–Crippen LogP) is 1.54. The molecule has 0 saturated carbocycles. The lowest BCUT2D eigenvalue weighted by atomic mass is 10.1. The largest absolute Gasteiger partial charge is 0.482 e. The number of urea groups is 1. The summed E-state index contributed by atoms with van der Waals surface area (Å²) in [5.74, 6) is -0.871. The van der Waals surface area contributed by atoms with Gasteiger partial charge in [-0.15, -0.1) is 0 Å². The Kier molecular flexibility index (Phi) is 6.56. The second-order valence-electron chi connectivity index (χ2n) is 6.02. The highest BCUT2D eigenvalue weighted by molar-refractivity contribution is 5.95. The van der Waals surface area contributed by atoms with Crippen molar-refractivity contribution in [2.45, 2.75) is 33.2 Å². The fourth-order valence-corrected chi connectivity index (χ4v) is 1.57. The molecule has 23 heavy (non-hydrogen) atoms. The molecule has 0 heterocycles. The zero-order valence-corrected chi connectivity index (χ0v) is 13.8. The van der Waals surface area contributed by atoms with Gasteiger partial charge in [0.15, 0.2) is 13.2 Å². The molecule has 0 atom stereocenters. The standard InChI is InChI=1S/C16H22N2O5/c1-11-6-5-7-12(8-11)22-10-14(20)23-9-13(19)17-15(21)18-16(2,3)4/h5-8H,9-10H2,1-4H3,(H2,17,18,19,21). The fraction of sp³-hybridized carbons (Fsp3) is 0.438. The van der Waals surface area contributed by atoms with E-state index in [1.54, 1.807) is 39.0 Å². The lowest BCUT2D eigenvalue weighted by Crippen LogP contribution is -2.49. The number of ether oxygens (including phenoxy) is 2. The van der Waals surface area contributed by atoms with E-state index in [2.05, 4.69) is 10.6 Å². The predicted molar refractivity (Wildman–Crippen MR) is 84.1 cm³/mol. The molecule has 0 aromatic heterocycles. The van der Waals surface area contributed by atoms with E-state index in [0.29, 0.717) is 5.75 Å². The van der Waals surface area contributed by atoms with Crippen molar-refractivity contribution in [3.05, 3.63) is 29.8 Å². The van der Waals surface area contributed by atoms with Gasteiger partial charge in [-0.2, -0.15) is 0 Å². The first-order valence-electron chi connectivity index (χ1n) is 7.13. The maximum Gasteiger partial charge on any atom is 0.344 e. The van der Waals surface area contributed by atoms with E-state index in [4.69, 9.17) is 9.47 Å². The molecule has 1 aromatic carbocycles. The lowest BCUT2D eigenvalue weighted by Gasteiger charge is -2.20. The Balaban J connectivity index is 2.27. The third kappa shape index (κ3) is 8.45. The number of rotatable bonds is 5. The van der Waals surface area contributed by atoms with Crippen LogP contribution in [0.1, 0.15) is 26.3 Å². The van der Waals surface area contributed by atoms with Crippen molar-refractivity contribution in [2.75, 3.05) is 13.2 Å². The van der Waals surface area contributed by atoms with E-state index in [0.717, 1.165) is 5.56 Å². The number of aryl methyl sites for hydroxylation is 1. The summed E-state index contributed by atoms with van der Waals surface area (Å²) in [6, 6.07) is 6.55. The van der Waals surface area contributed by atoms with Crippen molar-refractivity contribution in [3.8, 4) is 5.75 Å². The van der Waals surface area contributed by atoms with Crippen molar-refractivity contribution >= 4 is 17.9 Å². The van der Waals surface area contributed by atoms with Gasteiger partial charge in [-0.25, -0.2) is 9.59 Å². The van der Waals surface area contributed by atoms with Crippen LogP contribution in [0.3, 0.4) is 0 Å². The Bertz CT molecular complexity index is 578. The van der Waals surface area contributed by atoms with Crippen LogP contribution in [-0.4, -0.2) is 36.7 Å². The molecular weight excluding hydrogens is 300 g/mol. The van der Waals surface area contributed by atoms with Gasteiger partial charge in [0.25, 0.3) is 5.91 Å². The second-order valence-corrected chi connectivity index (χ2v) is 6.02. The molecule has 3 amide bonds. The van der Waals surface area contributed by atoms with Gasteiger partial charge in [-0.3, -0.25) is 10.1 Å². The first-order chi connectivity index (χ1) is 10.7. The minimum absolute atomic E-state index is 0.315. The number of imide groups is 1. The van der Waals surface area contributed by atoms with E-state index in [-0.39, 0.29) is 6.61 Å². The summed E-state index contributed by atoms with van der Waals surface area (Å²) < 4.78 is 9.97. The molecular formula is C16H22N2O5. The van der Waals surface area contributed by atoms with Crippen LogP contribution in [0.2, 0.25) is 0 Å². The summed E-state index contributed by atoms with van der Waals surface area (Å²) >= 11 is 0. The molecule has 0 radical (unpaired) electrons. The van der Waals surface area contributed by atoms with Crippen LogP contribution in [0.5, 0.6) is 5.75 Å². The number of hydrogen-bond acceptors (Lipinski definition) is 5. The molecule has 0 bridgehead atoms. The summed E-state index contributed by atoms with van der Waals surface area (Å²) in [5, 5.41) is 4.62. The number of nitrogens with one attached hydrogen (secondary N) is 2. The van der Waals surface area contributed by atoms with Crippen molar-refractivity contribution in [1.29, 1.82) is 0 Å². The average molecular weight is 322 g/mol. The number of hydrogen-bond donors (Lipinski definition) is 2. The highest BCUT2D eigenvalue weighted by atomic mass is 16.6. The maximum atomic E-state index is 11.5. The SMILES string of the molecule is Cc1cccc(OCC(=O)OCC(=O)NC(=O)NC(C)(C)C)c1. The molecule has 0 spiro atoms. The van der Waals surface area contributed by atoms with E-state index < -0.39 is 30.1 Å². The van der Waals surface area contributed by atoms with Crippen LogP contribution in [-0.2, 0) is 14.3 Å². The molecule has 0 saturated heterocycles. The monoisotopic (exact) mass is 322 g/mol. The minimum Gasteiger partial charge on any atom is -0.482 e. The third-order valence-electron chi connectivity index (χ3n) is 2.45.